The Morgan fingerprint density at radius 2 is 1.76 bits per heavy atom. The summed E-state index contributed by atoms with van der Waals surface area (Å²) in [4.78, 5) is 17.4. The fourth-order valence-electron chi connectivity index (χ4n) is 3.77. The number of amides is 1. The highest BCUT2D eigenvalue weighted by atomic mass is 32.2. The minimum Gasteiger partial charge on any atom is -0.337 e. The van der Waals surface area contributed by atoms with Gasteiger partial charge in [0.25, 0.3) is 5.91 Å². The van der Waals surface area contributed by atoms with Crippen molar-refractivity contribution in [3.8, 4) is 0 Å². The number of pyridine rings is 1. The smallest absolute Gasteiger partial charge is 0.337 e. The molecule has 3 rings (SSSR count). The maximum atomic E-state index is 13.1. The van der Waals surface area contributed by atoms with Gasteiger partial charge < -0.3 is 4.90 Å². The van der Waals surface area contributed by atoms with Crippen molar-refractivity contribution >= 4 is 15.9 Å². The summed E-state index contributed by atoms with van der Waals surface area (Å²) in [6.45, 7) is 4.49. The second kappa shape index (κ2) is 8.17. The number of sulfonamides is 1. The average Bonchev–Trinajstić information content (AvgIpc) is 2.85. The Morgan fingerprint density at radius 1 is 1.10 bits per heavy atom. The van der Waals surface area contributed by atoms with Crippen molar-refractivity contribution in [2.45, 2.75) is 43.8 Å². The van der Waals surface area contributed by atoms with Crippen LogP contribution < -0.4 is 10.9 Å². The lowest BCUT2D eigenvalue weighted by molar-refractivity contribution is -0.141. The minimum absolute atomic E-state index is 0.0424. The molecule has 2 aliphatic heterocycles. The Morgan fingerprint density at radius 3 is 2.31 bits per heavy atom. The van der Waals surface area contributed by atoms with Crippen LogP contribution >= 0.6 is 0 Å². The van der Waals surface area contributed by atoms with Crippen LogP contribution in [0.25, 0.3) is 0 Å². The second-order valence-electron chi connectivity index (χ2n) is 7.35. The van der Waals surface area contributed by atoms with E-state index in [1.807, 2.05) is 0 Å². The van der Waals surface area contributed by atoms with Gasteiger partial charge in [-0.1, -0.05) is 0 Å². The molecule has 8 nitrogen and oxygen atoms in total. The predicted molar refractivity (Wildman–Crippen MR) is 99.2 cm³/mol. The number of carbonyl (C=O) groups excluding carboxylic acids is 1. The molecule has 2 N–H and O–H groups in total. The molecule has 2 aliphatic rings. The topological polar surface area (TPSA) is 94.6 Å². The van der Waals surface area contributed by atoms with Crippen LogP contribution in [0.1, 0.15) is 36.3 Å². The van der Waals surface area contributed by atoms with Gasteiger partial charge in [-0.05, 0) is 32.4 Å². The average molecular weight is 435 g/mol. The van der Waals surface area contributed by atoms with Gasteiger partial charge in [-0.3, -0.25) is 20.6 Å². The number of hydrazine groups is 1. The van der Waals surface area contributed by atoms with E-state index in [0.717, 1.165) is 18.3 Å². The molecule has 3 heterocycles. The van der Waals surface area contributed by atoms with E-state index in [1.54, 1.807) is 13.8 Å². The van der Waals surface area contributed by atoms with Crippen LogP contribution in [0.15, 0.2) is 18.3 Å². The Bertz CT molecular complexity index is 837. The molecule has 0 aliphatic carbocycles. The molecule has 29 heavy (non-hydrogen) atoms. The van der Waals surface area contributed by atoms with E-state index < -0.39 is 33.1 Å². The van der Waals surface area contributed by atoms with E-state index in [0.29, 0.717) is 13.0 Å². The van der Waals surface area contributed by atoms with E-state index in [4.69, 9.17) is 0 Å². The van der Waals surface area contributed by atoms with Gasteiger partial charge in [0.15, 0.2) is 0 Å². The SMILES string of the molecule is CC1NNC(C)C1S(=O)(=O)N1CCCN(C(=O)c2ccc(C(F)(F)F)nc2)CC1. The van der Waals surface area contributed by atoms with Crippen LogP contribution in [0, 0.1) is 0 Å². The molecule has 0 radical (unpaired) electrons. The van der Waals surface area contributed by atoms with Crippen molar-refractivity contribution in [1.29, 1.82) is 0 Å². The summed E-state index contributed by atoms with van der Waals surface area (Å²) in [6.07, 6.45) is -3.23. The third-order valence-electron chi connectivity index (χ3n) is 5.27. The van der Waals surface area contributed by atoms with Crippen LogP contribution in [-0.4, -0.2) is 72.0 Å². The van der Waals surface area contributed by atoms with Crippen LogP contribution in [-0.2, 0) is 16.2 Å². The maximum absolute atomic E-state index is 13.1. The molecule has 162 valence electrons. The molecule has 0 saturated carbocycles. The second-order valence-corrected chi connectivity index (χ2v) is 9.44. The summed E-state index contributed by atoms with van der Waals surface area (Å²) in [6, 6.07) is 1.35. The van der Waals surface area contributed by atoms with E-state index >= 15 is 0 Å². The van der Waals surface area contributed by atoms with Gasteiger partial charge in [0.05, 0.1) is 5.56 Å². The molecule has 2 saturated heterocycles. The number of hydrogen-bond donors (Lipinski definition) is 2. The molecular formula is C17H24F3N5O3S. The molecule has 1 aromatic heterocycles. The molecule has 2 atom stereocenters. The number of nitrogens with one attached hydrogen (secondary N) is 2. The van der Waals surface area contributed by atoms with Crippen LogP contribution in [0.3, 0.4) is 0 Å². The number of nitrogens with zero attached hydrogens (tertiary/aromatic N) is 3. The fourth-order valence-corrected chi connectivity index (χ4v) is 6.00. The molecule has 0 aromatic carbocycles. The van der Waals surface area contributed by atoms with Crippen LogP contribution in [0.2, 0.25) is 0 Å². The molecule has 12 heteroatoms. The number of aromatic nitrogens is 1. The minimum atomic E-state index is -4.57. The van der Waals surface area contributed by atoms with Gasteiger partial charge in [0, 0.05) is 44.5 Å². The number of halogens is 3. The van der Waals surface area contributed by atoms with Gasteiger partial charge in [0.1, 0.15) is 10.9 Å². The monoisotopic (exact) mass is 435 g/mol. The van der Waals surface area contributed by atoms with Crippen molar-refractivity contribution in [2.24, 2.45) is 0 Å². The third kappa shape index (κ3) is 4.55. The lowest BCUT2D eigenvalue weighted by atomic mass is 10.2. The maximum Gasteiger partial charge on any atom is 0.433 e. The van der Waals surface area contributed by atoms with Crippen molar-refractivity contribution in [3.05, 3.63) is 29.6 Å². The molecule has 0 spiro atoms. The van der Waals surface area contributed by atoms with Crippen molar-refractivity contribution in [3.63, 3.8) is 0 Å². The molecule has 2 fully saturated rings. The fraction of sp³-hybridized carbons (Fsp3) is 0.647. The summed E-state index contributed by atoms with van der Waals surface area (Å²) >= 11 is 0. The summed E-state index contributed by atoms with van der Waals surface area (Å²) < 4.78 is 65.4. The molecule has 1 aromatic rings. The number of carbonyl (C=O) groups is 1. The first kappa shape index (κ1) is 21.9. The largest absolute Gasteiger partial charge is 0.433 e. The molecule has 1 amide bonds. The Balaban J connectivity index is 1.69. The third-order valence-corrected chi connectivity index (χ3v) is 7.86. The first-order valence-electron chi connectivity index (χ1n) is 9.34. The molecule has 0 bridgehead atoms. The van der Waals surface area contributed by atoms with Crippen molar-refractivity contribution in [1.82, 2.24) is 25.0 Å². The summed E-state index contributed by atoms with van der Waals surface area (Å²) in [5.41, 5.74) is 4.85. The summed E-state index contributed by atoms with van der Waals surface area (Å²) in [7, 11) is -3.59. The quantitative estimate of drug-likeness (QED) is 0.731. The lowest BCUT2D eigenvalue weighted by Crippen LogP contribution is -2.48. The zero-order chi connectivity index (χ0) is 21.4. The van der Waals surface area contributed by atoms with Crippen molar-refractivity contribution in [2.75, 3.05) is 26.2 Å². The highest BCUT2D eigenvalue weighted by molar-refractivity contribution is 7.89. The normalized spacial score (nSPS) is 27.1. The first-order valence-corrected chi connectivity index (χ1v) is 10.8. The first-order chi connectivity index (χ1) is 13.5. The Labute approximate surface area is 167 Å². The number of rotatable bonds is 3. The van der Waals surface area contributed by atoms with Gasteiger partial charge in [0.2, 0.25) is 10.0 Å². The van der Waals surface area contributed by atoms with Gasteiger partial charge in [-0.2, -0.15) is 17.5 Å². The number of hydrogen-bond acceptors (Lipinski definition) is 6. The molecule has 2 unspecified atom stereocenters. The summed E-state index contributed by atoms with van der Waals surface area (Å²) in [5, 5.41) is -0.621. The highest BCUT2D eigenvalue weighted by Gasteiger charge is 2.43. The molecular weight excluding hydrogens is 411 g/mol. The van der Waals surface area contributed by atoms with Gasteiger partial charge in [-0.25, -0.2) is 8.42 Å². The number of alkyl halides is 3. The van der Waals surface area contributed by atoms with E-state index in [2.05, 4.69) is 15.8 Å². The Hall–Kier alpha value is -1.76. The van der Waals surface area contributed by atoms with Gasteiger partial charge >= 0.3 is 6.18 Å². The lowest BCUT2D eigenvalue weighted by Gasteiger charge is -2.27. The van der Waals surface area contributed by atoms with Crippen LogP contribution in [0.4, 0.5) is 13.2 Å². The predicted octanol–water partition coefficient (Wildman–Crippen LogP) is 0.832. The van der Waals surface area contributed by atoms with E-state index in [9.17, 15) is 26.4 Å². The standard InChI is InChI=1S/C17H24F3N5O3S/c1-11-15(12(2)23-22-11)29(27,28)25-7-3-6-24(8-9-25)16(26)13-4-5-14(21-10-13)17(18,19)20/h4-5,10-12,15,22-23H,3,6-9H2,1-2H3. The Kier molecular flexibility index (Phi) is 6.18. The van der Waals surface area contributed by atoms with E-state index in [1.165, 1.54) is 9.21 Å². The van der Waals surface area contributed by atoms with Crippen molar-refractivity contribution < 1.29 is 26.4 Å². The highest BCUT2D eigenvalue weighted by Crippen LogP contribution is 2.27. The van der Waals surface area contributed by atoms with Crippen LogP contribution in [0.5, 0.6) is 0 Å². The zero-order valence-corrected chi connectivity index (χ0v) is 16.9. The summed E-state index contributed by atoms with van der Waals surface area (Å²) in [5.74, 6) is -0.462. The zero-order valence-electron chi connectivity index (χ0n) is 16.1. The van der Waals surface area contributed by atoms with E-state index in [-0.39, 0.29) is 37.3 Å². The van der Waals surface area contributed by atoms with Gasteiger partial charge in [-0.15, -0.1) is 0 Å².